The molecule has 3 rings (SSSR count). The van der Waals surface area contributed by atoms with Gasteiger partial charge >= 0.3 is 0 Å². The summed E-state index contributed by atoms with van der Waals surface area (Å²) in [6, 6.07) is 11.8. The van der Waals surface area contributed by atoms with Crippen molar-refractivity contribution in [3.05, 3.63) is 59.4 Å². The first-order valence-electron chi connectivity index (χ1n) is 6.18. The molecule has 0 atom stereocenters. The molecule has 4 nitrogen and oxygen atoms in total. The van der Waals surface area contributed by atoms with Crippen LogP contribution in [-0.2, 0) is 11.2 Å². The second-order valence-electron chi connectivity index (χ2n) is 4.49. The van der Waals surface area contributed by atoms with Gasteiger partial charge < -0.3 is 5.32 Å². The number of benzene rings is 2. The number of nitrogens with zero attached hydrogens (tertiary/aromatic N) is 1. The number of halogens is 1. The molecule has 0 spiro atoms. The van der Waals surface area contributed by atoms with Gasteiger partial charge in [0, 0.05) is 12.1 Å². The van der Waals surface area contributed by atoms with E-state index in [0.29, 0.717) is 12.8 Å². The highest BCUT2D eigenvalue weighted by atomic mass is 19.1. The van der Waals surface area contributed by atoms with E-state index < -0.39 is 0 Å². The Kier molecular flexibility index (Phi) is 3.16. The maximum absolute atomic E-state index is 12.9. The Morgan fingerprint density at radius 1 is 1.20 bits per heavy atom. The van der Waals surface area contributed by atoms with Crippen LogP contribution in [0.25, 0.3) is 0 Å². The van der Waals surface area contributed by atoms with E-state index in [2.05, 4.69) is 15.8 Å². The molecule has 0 bridgehead atoms. The lowest BCUT2D eigenvalue weighted by Gasteiger charge is -2.18. The molecule has 100 valence electrons. The van der Waals surface area contributed by atoms with E-state index in [4.69, 9.17) is 0 Å². The fourth-order valence-corrected chi connectivity index (χ4v) is 2.16. The Morgan fingerprint density at radius 2 is 2.00 bits per heavy atom. The lowest BCUT2D eigenvalue weighted by Crippen LogP contribution is -2.15. The first-order chi connectivity index (χ1) is 9.76. The number of hydrazone groups is 1. The van der Waals surface area contributed by atoms with Gasteiger partial charge in [-0.1, -0.05) is 12.1 Å². The first-order valence-corrected chi connectivity index (χ1v) is 6.18. The Morgan fingerprint density at radius 3 is 2.75 bits per heavy atom. The number of carbonyl (C=O) groups excluding carboxylic acids is 1. The summed E-state index contributed by atoms with van der Waals surface area (Å²) >= 11 is 0. The van der Waals surface area contributed by atoms with Crippen molar-refractivity contribution in [3.63, 3.8) is 0 Å². The molecule has 0 aromatic heterocycles. The number of fused-ring (bicyclic) bond motifs is 1. The molecular formula is C15H12FN3O. The summed E-state index contributed by atoms with van der Waals surface area (Å²) < 4.78 is 12.9. The van der Waals surface area contributed by atoms with E-state index in [1.807, 2.05) is 12.1 Å². The Balaban J connectivity index is 1.88. The molecule has 1 heterocycles. The van der Waals surface area contributed by atoms with Crippen LogP contribution in [0.2, 0.25) is 0 Å². The highest BCUT2D eigenvalue weighted by Gasteiger charge is 2.14. The third-order valence-electron chi connectivity index (χ3n) is 3.18. The minimum absolute atomic E-state index is 0.268. The molecule has 0 aliphatic carbocycles. The van der Waals surface area contributed by atoms with Crippen LogP contribution < -0.4 is 10.7 Å². The van der Waals surface area contributed by atoms with Gasteiger partial charge in [0.05, 0.1) is 11.4 Å². The third-order valence-corrected chi connectivity index (χ3v) is 3.18. The zero-order valence-corrected chi connectivity index (χ0v) is 10.6. The van der Waals surface area contributed by atoms with E-state index in [9.17, 15) is 9.18 Å². The highest BCUT2D eigenvalue weighted by molar-refractivity contribution is 6.04. The molecule has 0 fully saturated rings. The summed E-state index contributed by atoms with van der Waals surface area (Å²) in [6.07, 6.45) is 1.27. The molecule has 2 aromatic carbocycles. The van der Waals surface area contributed by atoms with Crippen LogP contribution in [0.1, 0.15) is 11.1 Å². The van der Waals surface area contributed by atoms with Crippen molar-refractivity contribution in [2.24, 2.45) is 5.10 Å². The second-order valence-corrected chi connectivity index (χ2v) is 4.49. The van der Waals surface area contributed by atoms with Crippen LogP contribution in [0.5, 0.6) is 0 Å². The Labute approximate surface area is 115 Å². The van der Waals surface area contributed by atoms with Crippen LogP contribution in [0.15, 0.2) is 47.6 Å². The van der Waals surface area contributed by atoms with Gasteiger partial charge in [0.1, 0.15) is 5.82 Å². The molecular weight excluding hydrogens is 257 g/mol. The molecule has 1 aliphatic rings. The van der Waals surface area contributed by atoms with Crippen molar-refractivity contribution in [3.8, 4) is 0 Å². The van der Waals surface area contributed by atoms with Crippen molar-refractivity contribution < 1.29 is 9.18 Å². The molecule has 0 saturated carbocycles. The van der Waals surface area contributed by atoms with Crippen molar-refractivity contribution in [2.45, 2.75) is 6.42 Å². The monoisotopic (exact) mass is 269 g/mol. The van der Waals surface area contributed by atoms with Gasteiger partial charge in [0.2, 0.25) is 6.41 Å². The van der Waals surface area contributed by atoms with Crippen molar-refractivity contribution in [2.75, 3.05) is 10.7 Å². The fraction of sp³-hybridized carbons (Fsp3) is 0.0667. The fourth-order valence-electron chi connectivity index (χ4n) is 2.16. The summed E-state index contributed by atoms with van der Waals surface area (Å²) in [6.45, 7) is 0. The zero-order valence-electron chi connectivity index (χ0n) is 10.6. The van der Waals surface area contributed by atoms with E-state index in [0.717, 1.165) is 28.2 Å². The normalized spacial score (nSPS) is 12.9. The smallest absolute Gasteiger partial charge is 0.211 e. The van der Waals surface area contributed by atoms with Gasteiger partial charge in [-0.2, -0.15) is 5.10 Å². The second kappa shape index (κ2) is 5.13. The van der Waals surface area contributed by atoms with Gasteiger partial charge in [-0.05, 0) is 41.5 Å². The molecule has 20 heavy (non-hydrogen) atoms. The molecule has 1 aliphatic heterocycles. The average Bonchev–Trinajstić information content (AvgIpc) is 2.48. The summed E-state index contributed by atoms with van der Waals surface area (Å²) in [5.74, 6) is -0.268. The Hall–Kier alpha value is -2.69. The molecule has 5 heteroatoms. The SMILES string of the molecule is O=CNc1ccc2c(c1)CC(c1ccc(F)cc1)=NN2. The van der Waals surface area contributed by atoms with Crippen molar-refractivity contribution >= 4 is 23.5 Å². The number of hydrogen-bond acceptors (Lipinski definition) is 3. The number of anilines is 2. The summed E-state index contributed by atoms with van der Waals surface area (Å²) in [5.41, 5.74) is 7.36. The quantitative estimate of drug-likeness (QED) is 0.842. The molecule has 0 saturated heterocycles. The molecule has 0 unspecified atom stereocenters. The molecule has 1 amide bonds. The van der Waals surface area contributed by atoms with Crippen LogP contribution in [-0.4, -0.2) is 12.1 Å². The maximum atomic E-state index is 12.9. The standard InChI is InChI=1S/C15H12FN3O/c16-12-3-1-10(2-4-12)15-8-11-7-13(17-9-20)5-6-14(11)18-19-15/h1-7,9,18H,8H2,(H,17,20). The number of amides is 1. The van der Waals surface area contributed by atoms with E-state index >= 15 is 0 Å². The van der Waals surface area contributed by atoms with Crippen LogP contribution in [0, 0.1) is 5.82 Å². The predicted octanol–water partition coefficient (Wildman–Crippen LogP) is 2.77. The Bertz CT molecular complexity index is 680. The van der Waals surface area contributed by atoms with Crippen molar-refractivity contribution in [1.29, 1.82) is 0 Å². The van der Waals surface area contributed by atoms with Gasteiger partial charge in [0.25, 0.3) is 0 Å². The van der Waals surface area contributed by atoms with Crippen molar-refractivity contribution in [1.82, 2.24) is 0 Å². The largest absolute Gasteiger partial charge is 0.329 e. The first kappa shape index (κ1) is 12.3. The average molecular weight is 269 g/mol. The minimum Gasteiger partial charge on any atom is -0.329 e. The highest BCUT2D eigenvalue weighted by Crippen LogP contribution is 2.25. The summed E-state index contributed by atoms with van der Waals surface area (Å²) in [7, 11) is 0. The third kappa shape index (κ3) is 2.38. The van der Waals surface area contributed by atoms with Crippen LogP contribution >= 0.6 is 0 Å². The molecule has 2 N–H and O–H groups in total. The van der Waals surface area contributed by atoms with E-state index in [1.54, 1.807) is 18.2 Å². The van der Waals surface area contributed by atoms with E-state index in [-0.39, 0.29) is 5.82 Å². The summed E-state index contributed by atoms with van der Waals surface area (Å²) in [4.78, 5) is 10.5. The number of nitrogens with one attached hydrogen (secondary N) is 2. The zero-order chi connectivity index (χ0) is 13.9. The molecule has 2 aromatic rings. The van der Waals surface area contributed by atoms with Crippen LogP contribution in [0.3, 0.4) is 0 Å². The summed E-state index contributed by atoms with van der Waals surface area (Å²) in [5, 5.41) is 6.92. The number of rotatable bonds is 3. The number of carbonyl (C=O) groups is 1. The number of hydrogen-bond donors (Lipinski definition) is 2. The maximum Gasteiger partial charge on any atom is 0.211 e. The van der Waals surface area contributed by atoms with Crippen LogP contribution in [0.4, 0.5) is 15.8 Å². The van der Waals surface area contributed by atoms with Gasteiger partial charge in [-0.25, -0.2) is 4.39 Å². The predicted molar refractivity (Wildman–Crippen MR) is 76.4 cm³/mol. The lowest BCUT2D eigenvalue weighted by atomic mass is 9.99. The van der Waals surface area contributed by atoms with E-state index in [1.165, 1.54) is 12.1 Å². The minimum atomic E-state index is -0.268. The van der Waals surface area contributed by atoms with Gasteiger partial charge in [0.15, 0.2) is 0 Å². The molecule has 0 radical (unpaired) electrons. The lowest BCUT2D eigenvalue weighted by molar-refractivity contribution is -0.105. The van der Waals surface area contributed by atoms with Gasteiger partial charge in [-0.3, -0.25) is 10.2 Å². The van der Waals surface area contributed by atoms with Gasteiger partial charge in [-0.15, -0.1) is 0 Å². The topological polar surface area (TPSA) is 53.5 Å².